The Morgan fingerprint density at radius 3 is 2.15 bits per heavy atom. The third-order valence-corrected chi connectivity index (χ3v) is 5.19. The van der Waals surface area contributed by atoms with Gasteiger partial charge in [0.2, 0.25) is 0 Å². The lowest BCUT2D eigenvalue weighted by molar-refractivity contribution is 0.645. The molecule has 0 N–H and O–H groups in total. The van der Waals surface area contributed by atoms with E-state index in [1.165, 1.54) is 11.1 Å². The molecule has 1 saturated heterocycles. The number of hydrogen-bond donors (Lipinski definition) is 0. The van der Waals surface area contributed by atoms with Crippen LogP contribution in [0.15, 0.2) is 72.8 Å². The molecule has 0 atom stereocenters. The molecule has 26 heavy (non-hydrogen) atoms. The van der Waals surface area contributed by atoms with Crippen LogP contribution >= 0.6 is 0 Å². The molecule has 0 saturated carbocycles. The highest BCUT2D eigenvalue weighted by molar-refractivity contribution is 6.05. The molecule has 1 fully saturated rings. The zero-order chi connectivity index (χ0) is 17.3. The summed E-state index contributed by atoms with van der Waals surface area (Å²) in [6.45, 7) is 3.92. The van der Waals surface area contributed by atoms with E-state index in [-0.39, 0.29) is 0 Å². The van der Waals surface area contributed by atoms with Gasteiger partial charge in [0.15, 0.2) is 5.82 Å². The normalized spacial score (nSPS) is 14.9. The number of benzene rings is 3. The lowest BCUT2D eigenvalue weighted by Gasteiger charge is -2.36. The smallest absolute Gasteiger partial charge is 0.151 e. The topological polar surface area (TPSA) is 32.3 Å². The molecule has 4 heteroatoms. The predicted octanol–water partition coefficient (Wildman–Crippen LogP) is 4.11. The first kappa shape index (κ1) is 15.1. The van der Waals surface area contributed by atoms with Crippen molar-refractivity contribution in [3.8, 4) is 0 Å². The van der Waals surface area contributed by atoms with Crippen molar-refractivity contribution in [2.24, 2.45) is 0 Å². The summed E-state index contributed by atoms with van der Waals surface area (Å²) in [5.74, 6) is 0.973. The molecule has 5 rings (SSSR count). The predicted molar refractivity (Wildman–Crippen MR) is 108 cm³/mol. The van der Waals surface area contributed by atoms with Gasteiger partial charge in [-0.05, 0) is 23.6 Å². The molecule has 128 valence electrons. The number of nitrogens with zero attached hydrogens (tertiary/aromatic N) is 4. The summed E-state index contributed by atoms with van der Waals surface area (Å²) in [4.78, 5) is 4.76. The third-order valence-electron chi connectivity index (χ3n) is 5.19. The Bertz CT molecular complexity index is 1050. The first-order valence-corrected chi connectivity index (χ1v) is 9.09. The van der Waals surface area contributed by atoms with Crippen molar-refractivity contribution < 1.29 is 0 Å². The zero-order valence-electron chi connectivity index (χ0n) is 14.5. The summed E-state index contributed by atoms with van der Waals surface area (Å²) >= 11 is 0. The van der Waals surface area contributed by atoms with Gasteiger partial charge in [-0.25, -0.2) is 0 Å². The Balaban J connectivity index is 1.41. The van der Waals surface area contributed by atoms with Crippen molar-refractivity contribution in [1.82, 2.24) is 10.2 Å². The van der Waals surface area contributed by atoms with Crippen LogP contribution in [0.2, 0.25) is 0 Å². The fourth-order valence-corrected chi connectivity index (χ4v) is 3.76. The Morgan fingerprint density at radius 1 is 0.615 bits per heavy atom. The molecule has 0 radical (unpaired) electrons. The molecule has 4 nitrogen and oxygen atoms in total. The average molecular weight is 340 g/mol. The second kappa shape index (κ2) is 6.30. The Labute approximate surface area is 152 Å². The van der Waals surface area contributed by atoms with Crippen LogP contribution < -0.4 is 9.80 Å². The van der Waals surface area contributed by atoms with E-state index in [0.717, 1.165) is 48.3 Å². The zero-order valence-corrected chi connectivity index (χ0v) is 14.5. The first-order valence-electron chi connectivity index (χ1n) is 9.09. The van der Waals surface area contributed by atoms with E-state index in [4.69, 9.17) is 0 Å². The van der Waals surface area contributed by atoms with Gasteiger partial charge in [-0.3, -0.25) is 0 Å². The second-order valence-electron chi connectivity index (χ2n) is 6.74. The van der Waals surface area contributed by atoms with Crippen LogP contribution in [-0.2, 0) is 0 Å². The number of fused-ring (bicyclic) bond motifs is 3. The molecule has 0 amide bonds. The molecule has 2 heterocycles. The van der Waals surface area contributed by atoms with Crippen LogP contribution in [0.3, 0.4) is 0 Å². The maximum atomic E-state index is 4.56. The van der Waals surface area contributed by atoms with Crippen molar-refractivity contribution in [1.29, 1.82) is 0 Å². The van der Waals surface area contributed by atoms with Crippen LogP contribution in [-0.4, -0.2) is 36.4 Å². The number of hydrogen-bond acceptors (Lipinski definition) is 4. The Hall–Kier alpha value is -3.14. The van der Waals surface area contributed by atoms with E-state index in [1.807, 2.05) is 0 Å². The van der Waals surface area contributed by atoms with Crippen molar-refractivity contribution in [2.45, 2.75) is 0 Å². The highest BCUT2D eigenvalue weighted by atomic mass is 15.3. The van der Waals surface area contributed by atoms with Gasteiger partial charge >= 0.3 is 0 Å². The lowest BCUT2D eigenvalue weighted by Crippen LogP contribution is -2.46. The molecule has 0 bridgehead atoms. The molecular formula is C22H20N4. The van der Waals surface area contributed by atoms with Crippen molar-refractivity contribution >= 4 is 33.2 Å². The number of rotatable bonds is 2. The summed E-state index contributed by atoms with van der Waals surface area (Å²) in [5.41, 5.74) is 2.28. The van der Waals surface area contributed by atoms with Gasteiger partial charge in [0.25, 0.3) is 0 Å². The van der Waals surface area contributed by atoms with E-state index >= 15 is 0 Å². The quantitative estimate of drug-likeness (QED) is 0.514. The Kier molecular flexibility index (Phi) is 3.67. The van der Waals surface area contributed by atoms with Crippen LogP contribution in [0.5, 0.6) is 0 Å². The molecule has 4 aromatic rings. The number of piperazine rings is 1. The summed E-state index contributed by atoms with van der Waals surface area (Å²) in [6.07, 6.45) is 0. The van der Waals surface area contributed by atoms with Crippen molar-refractivity contribution in [3.63, 3.8) is 0 Å². The van der Waals surface area contributed by atoms with Crippen LogP contribution in [0.25, 0.3) is 21.7 Å². The fourth-order valence-electron chi connectivity index (χ4n) is 3.76. The maximum absolute atomic E-state index is 4.56. The van der Waals surface area contributed by atoms with Gasteiger partial charge < -0.3 is 9.80 Å². The standard InChI is InChI=1S/C22H20N4/c1-2-7-19(8-3-1)25-12-14-26(15-13-25)21-16-18-11-10-17-6-4-5-9-20(17)22(18)24-23-21/h1-11,16H,12-15H2. The van der Waals surface area contributed by atoms with Crippen molar-refractivity contribution in [2.75, 3.05) is 36.0 Å². The van der Waals surface area contributed by atoms with Gasteiger partial charge in [0.1, 0.15) is 5.52 Å². The third kappa shape index (κ3) is 2.64. The summed E-state index contributed by atoms with van der Waals surface area (Å²) in [6, 6.07) is 25.4. The van der Waals surface area contributed by atoms with Gasteiger partial charge in [-0.1, -0.05) is 54.6 Å². The van der Waals surface area contributed by atoms with Gasteiger partial charge in [-0.15, -0.1) is 10.2 Å². The molecule has 0 spiro atoms. The number of anilines is 2. The molecule has 3 aromatic carbocycles. The second-order valence-corrected chi connectivity index (χ2v) is 6.74. The van der Waals surface area contributed by atoms with E-state index < -0.39 is 0 Å². The monoisotopic (exact) mass is 340 g/mol. The SMILES string of the molecule is c1ccc(N2CCN(c3cc4ccc5ccccc5c4nn3)CC2)cc1. The minimum Gasteiger partial charge on any atom is -0.368 e. The number of aromatic nitrogens is 2. The molecule has 1 aromatic heterocycles. The summed E-state index contributed by atoms with van der Waals surface area (Å²) in [7, 11) is 0. The molecule has 1 aliphatic heterocycles. The fraction of sp³-hybridized carbons (Fsp3) is 0.182. The van der Waals surface area contributed by atoms with Crippen LogP contribution in [0.4, 0.5) is 11.5 Å². The van der Waals surface area contributed by atoms with E-state index in [0.29, 0.717) is 0 Å². The van der Waals surface area contributed by atoms with E-state index in [1.54, 1.807) is 0 Å². The number of para-hydroxylation sites is 1. The summed E-state index contributed by atoms with van der Waals surface area (Å²) in [5, 5.41) is 12.6. The minimum absolute atomic E-state index is 0.961. The average Bonchev–Trinajstić information content (AvgIpc) is 2.74. The molecular weight excluding hydrogens is 320 g/mol. The minimum atomic E-state index is 0.961. The van der Waals surface area contributed by atoms with Crippen molar-refractivity contribution in [3.05, 3.63) is 72.8 Å². The van der Waals surface area contributed by atoms with Crippen LogP contribution in [0.1, 0.15) is 0 Å². The van der Waals surface area contributed by atoms with E-state index in [2.05, 4.69) is 92.8 Å². The van der Waals surface area contributed by atoms with Gasteiger partial charge in [0.05, 0.1) is 0 Å². The molecule has 0 unspecified atom stereocenters. The highest BCUT2D eigenvalue weighted by Gasteiger charge is 2.19. The van der Waals surface area contributed by atoms with Crippen LogP contribution in [0, 0.1) is 0 Å². The van der Waals surface area contributed by atoms with Gasteiger partial charge in [0, 0.05) is 42.6 Å². The molecule has 0 aliphatic carbocycles. The summed E-state index contributed by atoms with van der Waals surface area (Å²) < 4.78 is 0. The highest BCUT2D eigenvalue weighted by Crippen LogP contribution is 2.26. The van der Waals surface area contributed by atoms with E-state index in [9.17, 15) is 0 Å². The molecule has 1 aliphatic rings. The largest absolute Gasteiger partial charge is 0.368 e. The van der Waals surface area contributed by atoms with Gasteiger partial charge in [-0.2, -0.15) is 0 Å². The Morgan fingerprint density at radius 2 is 1.31 bits per heavy atom. The maximum Gasteiger partial charge on any atom is 0.151 e. The first-order chi connectivity index (χ1) is 12.9. The lowest BCUT2D eigenvalue weighted by atomic mass is 10.1.